The van der Waals surface area contributed by atoms with Crippen molar-refractivity contribution in [3.8, 4) is 0 Å². The largest absolute Gasteiger partial charge is 0.349 e. The van der Waals surface area contributed by atoms with Gasteiger partial charge in [0.05, 0.1) is 2.74 Å². The van der Waals surface area contributed by atoms with E-state index < -0.39 is 54.2 Å². The Morgan fingerprint density at radius 2 is 2.03 bits per heavy atom. The standard InChI is InChI=1S/C22H18ClF2N3O4/c23-15-4-2-14(3-5-15)22(24,25)21(32)26-10-12-1-6-16-13(9-12)11-28(20(16)31)17-7-8-18(29)27-19(17)30/h1-6,9,17H,7-8,10-11H2,(H,26,32)(H,27,29,30)/i6D,11D/hD. The molecule has 4 rings (SSSR count). The summed E-state index contributed by atoms with van der Waals surface area (Å²) in [5.74, 6) is -7.77. The first-order chi connectivity index (χ1) is 16.4. The van der Waals surface area contributed by atoms with Crippen molar-refractivity contribution < 1.29 is 32.1 Å². The molecule has 2 N–H and O–H groups in total. The number of benzene rings is 2. The Balaban J connectivity index is 1.56. The van der Waals surface area contributed by atoms with Gasteiger partial charge < -0.3 is 10.2 Å². The molecule has 0 aromatic heterocycles. The lowest BCUT2D eigenvalue weighted by Crippen LogP contribution is -2.52. The Labute approximate surface area is 191 Å². The smallest absolute Gasteiger partial charge is 0.346 e. The topological polar surface area (TPSA) is 95.6 Å². The van der Waals surface area contributed by atoms with E-state index in [0.717, 1.165) is 23.1 Å². The fourth-order valence-corrected chi connectivity index (χ4v) is 3.63. The summed E-state index contributed by atoms with van der Waals surface area (Å²) >= 11 is 5.69. The molecule has 2 heterocycles. The van der Waals surface area contributed by atoms with Crippen LogP contribution in [0.25, 0.3) is 0 Å². The van der Waals surface area contributed by atoms with E-state index in [-0.39, 0.29) is 45.9 Å². The van der Waals surface area contributed by atoms with Crippen molar-refractivity contribution in [3.05, 3.63) is 69.7 Å². The number of nitrogens with one attached hydrogen (secondary N) is 2. The van der Waals surface area contributed by atoms with Crippen molar-refractivity contribution in [2.24, 2.45) is 0 Å². The van der Waals surface area contributed by atoms with Gasteiger partial charge >= 0.3 is 5.92 Å². The fraction of sp³-hybridized carbons (Fsp3) is 0.273. The summed E-state index contributed by atoms with van der Waals surface area (Å²) in [6, 6.07) is 5.36. The van der Waals surface area contributed by atoms with Crippen LogP contribution in [0.1, 0.15) is 42.6 Å². The van der Waals surface area contributed by atoms with E-state index in [9.17, 15) is 28.0 Å². The van der Waals surface area contributed by atoms with Gasteiger partial charge in [0.25, 0.3) is 11.8 Å². The van der Waals surface area contributed by atoms with Crippen LogP contribution in [-0.4, -0.2) is 34.6 Å². The fourth-order valence-electron chi connectivity index (χ4n) is 3.50. The number of imide groups is 1. The average molecular weight is 465 g/mol. The molecule has 32 heavy (non-hydrogen) atoms. The predicted molar refractivity (Wildman–Crippen MR) is 110 cm³/mol. The highest BCUT2D eigenvalue weighted by Gasteiger charge is 2.41. The molecule has 2 aromatic rings. The highest BCUT2D eigenvalue weighted by Crippen LogP contribution is 2.30. The molecule has 166 valence electrons. The number of hydrogen-bond donors (Lipinski definition) is 2. The normalized spacial score (nSPS) is 22.0. The van der Waals surface area contributed by atoms with Crippen molar-refractivity contribution in [2.75, 3.05) is 0 Å². The zero-order valence-electron chi connectivity index (χ0n) is 19.4. The minimum absolute atomic E-state index is 0.0139. The zero-order valence-corrected chi connectivity index (χ0v) is 17.2. The minimum Gasteiger partial charge on any atom is -0.346 e. The van der Waals surface area contributed by atoms with E-state index in [1.165, 1.54) is 18.2 Å². The van der Waals surface area contributed by atoms with Crippen LogP contribution in [0.4, 0.5) is 8.78 Å². The first kappa shape index (κ1) is 18.3. The van der Waals surface area contributed by atoms with Crippen molar-refractivity contribution >= 4 is 35.2 Å². The summed E-state index contributed by atoms with van der Waals surface area (Å²) in [6.07, 6.45) is 0.00866. The van der Waals surface area contributed by atoms with E-state index in [2.05, 4.69) is 5.32 Å². The molecule has 2 aromatic carbocycles. The molecule has 2 atom stereocenters. The number of amides is 4. The molecule has 0 spiro atoms. The number of alkyl halides is 2. The number of halogens is 3. The summed E-state index contributed by atoms with van der Waals surface area (Å²) in [4.78, 5) is 49.9. The monoisotopic (exact) mass is 464 g/mol. The second-order valence-corrected chi connectivity index (χ2v) is 7.79. The summed E-state index contributed by atoms with van der Waals surface area (Å²) in [7, 11) is 0. The Morgan fingerprint density at radius 1 is 1.31 bits per heavy atom. The predicted octanol–water partition coefficient (Wildman–Crippen LogP) is 2.51. The maximum atomic E-state index is 14.6. The van der Waals surface area contributed by atoms with Gasteiger partial charge in [-0.1, -0.05) is 35.9 Å². The number of piperidine rings is 1. The third-order valence-electron chi connectivity index (χ3n) is 5.18. The molecular formula is C22H18ClF2N3O4. The molecule has 2 aliphatic rings. The lowest BCUT2D eigenvalue weighted by Gasteiger charge is -2.29. The molecule has 7 nitrogen and oxygen atoms in total. The van der Waals surface area contributed by atoms with Crippen LogP contribution in [0, 0.1) is 0 Å². The zero-order chi connectivity index (χ0) is 25.7. The number of hydrogen-bond acceptors (Lipinski definition) is 4. The highest BCUT2D eigenvalue weighted by atomic mass is 35.5. The van der Waals surface area contributed by atoms with Crippen molar-refractivity contribution in [1.29, 1.82) is 0 Å². The molecule has 0 bridgehead atoms. The molecule has 2 unspecified atom stereocenters. The first-order valence-electron chi connectivity index (χ1n) is 11.1. The molecule has 2 aliphatic heterocycles. The molecule has 1 saturated heterocycles. The Kier molecular flexibility index (Phi) is 4.74. The molecule has 1 fully saturated rings. The van der Waals surface area contributed by atoms with Gasteiger partial charge in [0.2, 0.25) is 11.8 Å². The van der Waals surface area contributed by atoms with Crippen molar-refractivity contribution in [2.45, 2.75) is 37.9 Å². The molecule has 0 radical (unpaired) electrons. The van der Waals surface area contributed by atoms with E-state index in [0.29, 0.717) is 0 Å². The first-order valence-corrected chi connectivity index (χ1v) is 9.96. The Hall–Kier alpha value is -3.33. The van der Waals surface area contributed by atoms with Gasteiger partial charge in [-0.2, -0.15) is 8.78 Å². The number of carbonyl (C=O) groups is 4. The lowest BCUT2D eigenvalue weighted by atomic mass is 10.0. The number of fused-ring (bicyclic) bond motifs is 1. The van der Waals surface area contributed by atoms with Crippen LogP contribution in [-0.2, 0) is 33.4 Å². The van der Waals surface area contributed by atoms with Crippen LogP contribution in [0.5, 0.6) is 0 Å². The highest BCUT2D eigenvalue weighted by molar-refractivity contribution is 6.30. The van der Waals surface area contributed by atoms with Crippen molar-refractivity contribution in [3.63, 3.8) is 0 Å². The van der Waals surface area contributed by atoms with Gasteiger partial charge in [-0.3, -0.25) is 24.5 Å². The third-order valence-corrected chi connectivity index (χ3v) is 5.44. The summed E-state index contributed by atoms with van der Waals surface area (Å²) in [5.41, 5.74) is -0.643. The van der Waals surface area contributed by atoms with E-state index in [1.54, 1.807) is 0 Å². The van der Waals surface area contributed by atoms with E-state index in [1.807, 2.05) is 0 Å². The summed E-state index contributed by atoms with van der Waals surface area (Å²) in [6.45, 7) is -2.03. The number of carbonyl (C=O) groups excluding carboxylic acids is 4. The van der Waals surface area contributed by atoms with Gasteiger partial charge in [-0.25, -0.2) is 0 Å². The molecule has 4 amide bonds. The third kappa shape index (κ3) is 4.08. The molecule has 0 saturated carbocycles. The van der Waals surface area contributed by atoms with Crippen LogP contribution in [0.3, 0.4) is 0 Å². The SMILES string of the molecule is [2H]c1cc(CN([2H])C(=O)C(F)(F)c2ccc(Cl)cc2)cc2c1C(=O)N(C1CCC(=O)NC1=O)C2[2H]. The summed E-state index contributed by atoms with van der Waals surface area (Å²) < 4.78 is 53.8. The maximum absolute atomic E-state index is 14.6. The van der Waals surface area contributed by atoms with Gasteiger partial charge in [-0.15, -0.1) is 0 Å². The van der Waals surface area contributed by atoms with Gasteiger partial charge in [-0.05, 0) is 35.7 Å². The average Bonchev–Trinajstić information content (AvgIpc) is 3.04. The van der Waals surface area contributed by atoms with Crippen LogP contribution in [0.2, 0.25) is 6.43 Å². The second kappa shape index (κ2) is 8.31. The van der Waals surface area contributed by atoms with Crippen LogP contribution < -0.4 is 10.6 Å². The minimum atomic E-state index is -4.01. The molecule has 0 aliphatic carbocycles. The van der Waals surface area contributed by atoms with E-state index >= 15 is 0 Å². The number of rotatable bonds is 5. The lowest BCUT2D eigenvalue weighted by molar-refractivity contribution is -0.147. The number of nitrogens with zero attached hydrogens (tertiary/aromatic N) is 1. The van der Waals surface area contributed by atoms with E-state index in [4.69, 9.17) is 15.8 Å². The Morgan fingerprint density at radius 3 is 2.72 bits per heavy atom. The second-order valence-electron chi connectivity index (χ2n) is 7.35. The Bertz CT molecular complexity index is 1250. The quantitative estimate of drug-likeness (QED) is 0.665. The van der Waals surface area contributed by atoms with Gasteiger partial charge in [0.1, 0.15) is 6.04 Å². The molecule has 10 heteroatoms. The molecular weight excluding hydrogens is 444 g/mol. The summed E-state index contributed by atoms with van der Waals surface area (Å²) in [5, 5.41) is 2.37. The van der Waals surface area contributed by atoms with Gasteiger partial charge in [0.15, 0.2) is 1.41 Å². The maximum Gasteiger partial charge on any atom is 0.349 e. The van der Waals surface area contributed by atoms with Crippen molar-refractivity contribution in [1.82, 2.24) is 15.5 Å². The van der Waals surface area contributed by atoms with Crippen LogP contribution in [0.15, 0.2) is 42.4 Å². The van der Waals surface area contributed by atoms with Gasteiger partial charge in [0, 0.05) is 35.6 Å². The van der Waals surface area contributed by atoms with Crippen LogP contribution >= 0.6 is 11.6 Å².